The number of fused-ring (bicyclic) bond motifs is 3. The lowest BCUT2D eigenvalue weighted by atomic mass is 9.88. The molecule has 0 spiro atoms. The van der Waals surface area contributed by atoms with E-state index in [0.29, 0.717) is 59.3 Å². The van der Waals surface area contributed by atoms with Gasteiger partial charge in [0, 0.05) is 45.3 Å². The first-order valence-corrected chi connectivity index (χ1v) is 16.2. The third-order valence-electron chi connectivity index (χ3n) is 8.77. The van der Waals surface area contributed by atoms with Crippen LogP contribution in [0.2, 0.25) is 0 Å². The predicted molar refractivity (Wildman–Crippen MR) is 168 cm³/mol. The monoisotopic (exact) mass is 647 g/mol. The summed E-state index contributed by atoms with van der Waals surface area (Å²) in [6, 6.07) is 4.47. The van der Waals surface area contributed by atoms with Crippen molar-refractivity contribution in [3.63, 3.8) is 0 Å². The van der Waals surface area contributed by atoms with Crippen LogP contribution in [0.1, 0.15) is 41.7 Å². The summed E-state index contributed by atoms with van der Waals surface area (Å²) in [6.07, 6.45) is 4.76. The summed E-state index contributed by atoms with van der Waals surface area (Å²) in [5.74, 6) is -0.652. The molecule has 0 bridgehead atoms. The summed E-state index contributed by atoms with van der Waals surface area (Å²) in [6.45, 7) is 4.83. The number of rotatable bonds is 7. The van der Waals surface area contributed by atoms with E-state index in [1.54, 1.807) is 34.9 Å². The zero-order valence-corrected chi connectivity index (χ0v) is 27.2. The van der Waals surface area contributed by atoms with Crippen molar-refractivity contribution >= 4 is 33.7 Å². The standard InChI is InChI=1S/C31H34FN9O4S/c1-16-24(39(3)37-35-16)19-14-21-23(34-15-19)28-26(27(43-5)29(31(42)44-6)46(28)30-17(2)36-38-40(30)4)41(21)25(18-9-12-45-13-10-18)22-20(32)8-7-11-33-22/h7-8,11,14-15,18,25,46H,9-10,12-13H2,1-6H3. The Bertz CT molecular complexity index is 1990. The van der Waals surface area contributed by atoms with Gasteiger partial charge in [0.15, 0.2) is 5.76 Å². The minimum absolute atomic E-state index is 0.0479. The molecule has 13 nitrogen and oxygen atoms in total. The van der Waals surface area contributed by atoms with E-state index < -0.39 is 28.7 Å². The van der Waals surface area contributed by atoms with Crippen LogP contribution >= 0.6 is 10.9 Å². The first kappa shape index (κ1) is 30.0. The van der Waals surface area contributed by atoms with Gasteiger partial charge in [-0.3, -0.25) is 9.97 Å². The Morgan fingerprint density at radius 3 is 2.43 bits per heavy atom. The molecule has 2 unspecified atom stereocenters. The molecule has 15 heteroatoms. The van der Waals surface area contributed by atoms with Crippen molar-refractivity contribution < 1.29 is 23.4 Å². The molecule has 0 aromatic carbocycles. The lowest BCUT2D eigenvalue weighted by molar-refractivity contribution is -0.135. The molecular weight excluding hydrogens is 613 g/mol. The Kier molecular flexibility index (Phi) is 7.59. The highest BCUT2D eigenvalue weighted by molar-refractivity contribution is 8.21. The topological polar surface area (TPSA) is 137 Å². The average molecular weight is 648 g/mol. The molecule has 2 aliphatic heterocycles. The highest BCUT2D eigenvalue weighted by Crippen LogP contribution is 2.64. The van der Waals surface area contributed by atoms with Crippen LogP contribution < -0.4 is 0 Å². The molecule has 240 valence electrons. The highest BCUT2D eigenvalue weighted by atomic mass is 32.2. The van der Waals surface area contributed by atoms with Gasteiger partial charge in [-0.2, -0.15) is 0 Å². The summed E-state index contributed by atoms with van der Waals surface area (Å²) in [5.41, 5.74) is 5.34. The Balaban J connectivity index is 1.64. The maximum Gasteiger partial charge on any atom is 0.347 e. The maximum atomic E-state index is 15.9. The Morgan fingerprint density at radius 2 is 1.80 bits per heavy atom. The van der Waals surface area contributed by atoms with Gasteiger partial charge in [-0.25, -0.2) is 18.5 Å². The van der Waals surface area contributed by atoms with Gasteiger partial charge in [-0.05, 0) is 50.8 Å². The SMILES string of the molecule is COC(=O)C1=C(OC)c2c(c3ncc(-c4c(C)nnn4C)cc3n2C(c2ncccc2F)C2CCOCC2)[SH]1c1c(C)nnn1C. The van der Waals surface area contributed by atoms with E-state index in [1.807, 2.05) is 27.0 Å². The molecule has 1 fully saturated rings. The number of hydrogen-bond acceptors (Lipinski definition) is 10. The number of hydrogen-bond donors (Lipinski definition) is 1. The van der Waals surface area contributed by atoms with Gasteiger partial charge < -0.3 is 18.8 Å². The van der Waals surface area contributed by atoms with Crippen molar-refractivity contribution in [1.29, 1.82) is 0 Å². The van der Waals surface area contributed by atoms with E-state index in [4.69, 9.17) is 19.2 Å². The van der Waals surface area contributed by atoms with Gasteiger partial charge in [-0.15, -0.1) is 21.1 Å². The number of nitrogens with zero attached hydrogens (tertiary/aromatic N) is 9. The van der Waals surface area contributed by atoms with Gasteiger partial charge in [-0.1, -0.05) is 10.4 Å². The summed E-state index contributed by atoms with van der Waals surface area (Å²) in [7, 11) is 4.90. The number of aryl methyl sites for hydroxylation is 4. The molecule has 2 aliphatic rings. The molecule has 46 heavy (non-hydrogen) atoms. The zero-order chi connectivity index (χ0) is 32.3. The van der Waals surface area contributed by atoms with Crippen molar-refractivity contribution in [2.24, 2.45) is 20.0 Å². The molecule has 2 atom stereocenters. The second-order valence-electron chi connectivity index (χ2n) is 11.4. The molecule has 0 radical (unpaired) electrons. The molecule has 7 heterocycles. The van der Waals surface area contributed by atoms with Crippen LogP contribution in [0.5, 0.6) is 0 Å². The number of methoxy groups -OCH3 is 2. The number of carbonyl (C=O) groups is 1. The third-order valence-corrected chi connectivity index (χ3v) is 11.5. The fourth-order valence-corrected chi connectivity index (χ4v) is 9.67. The van der Waals surface area contributed by atoms with Gasteiger partial charge in [0.1, 0.15) is 27.0 Å². The van der Waals surface area contributed by atoms with E-state index in [2.05, 4.69) is 30.2 Å². The molecule has 5 aromatic rings. The van der Waals surface area contributed by atoms with E-state index in [9.17, 15) is 4.79 Å². The summed E-state index contributed by atoms with van der Waals surface area (Å²) < 4.78 is 38.6. The molecule has 0 amide bonds. The van der Waals surface area contributed by atoms with Crippen molar-refractivity contribution in [3.8, 4) is 11.3 Å². The van der Waals surface area contributed by atoms with Gasteiger partial charge in [0.05, 0.1) is 53.4 Å². The van der Waals surface area contributed by atoms with Crippen molar-refractivity contribution in [2.75, 3.05) is 27.4 Å². The summed E-state index contributed by atoms with van der Waals surface area (Å²) in [4.78, 5) is 24.5. The van der Waals surface area contributed by atoms with Crippen LogP contribution in [-0.4, -0.2) is 77.9 Å². The Labute approximate surface area is 266 Å². The number of halogens is 1. The van der Waals surface area contributed by atoms with E-state index >= 15 is 4.39 Å². The second-order valence-corrected chi connectivity index (χ2v) is 13.4. The number of pyridine rings is 2. The minimum Gasteiger partial charge on any atom is -0.493 e. The third kappa shape index (κ3) is 4.51. The minimum atomic E-state index is -1.61. The number of carbonyl (C=O) groups excluding carboxylic acids is 1. The molecule has 7 rings (SSSR count). The van der Waals surface area contributed by atoms with E-state index in [1.165, 1.54) is 20.3 Å². The molecule has 0 aliphatic carbocycles. The van der Waals surface area contributed by atoms with Crippen LogP contribution in [-0.2, 0) is 33.1 Å². The van der Waals surface area contributed by atoms with E-state index in [-0.39, 0.29) is 5.92 Å². The van der Waals surface area contributed by atoms with Crippen LogP contribution in [0.4, 0.5) is 4.39 Å². The van der Waals surface area contributed by atoms with Crippen LogP contribution in [0.15, 0.2) is 45.4 Å². The molecular formula is C31H34FN9O4S. The summed E-state index contributed by atoms with van der Waals surface area (Å²) in [5, 5.41) is 17.8. The van der Waals surface area contributed by atoms with Gasteiger partial charge in [0.25, 0.3) is 0 Å². The molecule has 0 saturated carbocycles. The van der Waals surface area contributed by atoms with E-state index in [0.717, 1.165) is 32.4 Å². The zero-order valence-electron chi connectivity index (χ0n) is 26.4. The second kappa shape index (κ2) is 11.6. The van der Waals surface area contributed by atoms with Crippen molar-refractivity contribution in [1.82, 2.24) is 44.5 Å². The van der Waals surface area contributed by atoms with Crippen LogP contribution in [0.25, 0.3) is 28.0 Å². The average Bonchev–Trinajstić information content (AvgIpc) is 3.78. The quantitative estimate of drug-likeness (QED) is 0.204. The number of ether oxygens (including phenoxy) is 3. The van der Waals surface area contributed by atoms with Crippen molar-refractivity contribution in [2.45, 2.75) is 42.7 Å². The van der Waals surface area contributed by atoms with Crippen LogP contribution in [0.3, 0.4) is 0 Å². The van der Waals surface area contributed by atoms with Crippen molar-refractivity contribution in [3.05, 3.63) is 64.1 Å². The lowest BCUT2D eigenvalue weighted by Gasteiger charge is -2.33. The molecule has 0 N–H and O–H groups in total. The Hall–Kier alpha value is -4.63. The predicted octanol–water partition coefficient (Wildman–Crippen LogP) is 4.05. The fraction of sp³-hybridized carbons (Fsp3) is 0.387. The molecule has 5 aromatic heterocycles. The number of esters is 1. The smallest absolute Gasteiger partial charge is 0.347 e. The highest BCUT2D eigenvalue weighted by Gasteiger charge is 2.46. The number of aromatic nitrogens is 9. The maximum absolute atomic E-state index is 15.9. The van der Waals surface area contributed by atoms with Gasteiger partial charge >= 0.3 is 5.97 Å². The normalized spacial score (nSPS) is 18.3. The fourth-order valence-electron chi connectivity index (χ4n) is 6.85. The Morgan fingerprint density at radius 1 is 1.07 bits per heavy atom. The first-order valence-electron chi connectivity index (χ1n) is 14.9. The molecule has 1 saturated heterocycles. The van der Waals surface area contributed by atoms with Gasteiger partial charge in [0.2, 0.25) is 0 Å². The first-order chi connectivity index (χ1) is 22.3. The summed E-state index contributed by atoms with van der Waals surface area (Å²) >= 11 is 0. The largest absolute Gasteiger partial charge is 0.493 e. The lowest BCUT2D eigenvalue weighted by Crippen LogP contribution is -2.29. The van der Waals surface area contributed by atoms with Crippen LogP contribution in [0, 0.1) is 25.6 Å². The number of thiol groups is 1.